The van der Waals surface area contributed by atoms with Crippen LogP contribution in [0.3, 0.4) is 0 Å². The first-order valence-corrected chi connectivity index (χ1v) is 45.5. The van der Waals surface area contributed by atoms with Crippen LogP contribution in [-0.4, -0.2) is 230 Å². The van der Waals surface area contributed by atoms with E-state index in [-0.39, 0.29) is 82.8 Å². The van der Waals surface area contributed by atoms with E-state index in [1.54, 1.807) is 140 Å². The highest BCUT2D eigenvalue weighted by Crippen LogP contribution is 2.40. The molecule has 0 unspecified atom stereocenters. The molecule has 1 aromatic carbocycles. The zero-order valence-electron chi connectivity index (χ0n) is 77.3. The molecule has 1 aliphatic carbocycles. The zero-order valence-corrected chi connectivity index (χ0v) is 80.6. The van der Waals surface area contributed by atoms with E-state index in [0.717, 1.165) is 108 Å². The van der Waals surface area contributed by atoms with Gasteiger partial charge >= 0.3 is 12.4 Å². The number of benzene rings is 1. The van der Waals surface area contributed by atoms with Crippen LogP contribution < -0.4 is 0 Å². The molecule has 1 fully saturated rings. The molecule has 13 aromatic rings. The molecule has 12 aromatic heterocycles. The molecule has 0 atom stereocenters. The predicted molar refractivity (Wildman–Crippen MR) is 501 cm³/mol. The van der Waals surface area contributed by atoms with Crippen molar-refractivity contribution >= 4 is 80.8 Å². The van der Waals surface area contributed by atoms with Gasteiger partial charge in [0.25, 0.3) is 35.4 Å². The lowest BCUT2D eigenvalue weighted by Crippen LogP contribution is -2.22. The van der Waals surface area contributed by atoms with Crippen LogP contribution in [0.25, 0.3) is 70.6 Å². The molecule has 1 aliphatic rings. The van der Waals surface area contributed by atoms with Crippen LogP contribution in [0.4, 0.5) is 26.3 Å². The maximum Gasteiger partial charge on any atom is 0.435 e. The molecular formula is C93H114F6N20O7S4. The number of carbonyl (C=O) groups is 6. The Morgan fingerprint density at radius 3 is 1.37 bits per heavy atom. The Morgan fingerprint density at radius 2 is 0.931 bits per heavy atom. The van der Waals surface area contributed by atoms with Gasteiger partial charge in [0.2, 0.25) is 0 Å². The molecule has 14 rings (SSSR count). The van der Waals surface area contributed by atoms with Gasteiger partial charge in [-0.05, 0) is 172 Å². The molecule has 12 heterocycles. The summed E-state index contributed by atoms with van der Waals surface area (Å²) in [6.45, 7) is 20.7. The van der Waals surface area contributed by atoms with Crippen molar-refractivity contribution in [3.8, 4) is 70.6 Å². The third kappa shape index (κ3) is 26.0. The van der Waals surface area contributed by atoms with E-state index in [0.29, 0.717) is 29.4 Å². The highest BCUT2D eigenvalue weighted by molar-refractivity contribution is 7.18. The molecule has 0 spiro atoms. The first-order chi connectivity index (χ1) is 61.3. The van der Waals surface area contributed by atoms with E-state index >= 15 is 0 Å². The van der Waals surface area contributed by atoms with E-state index in [4.69, 9.17) is 15.3 Å². The highest BCUT2D eigenvalue weighted by atomic mass is 32.1. The summed E-state index contributed by atoms with van der Waals surface area (Å²) in [6.07, 6.45) is -1.78. The smallest absolute Gasteiger partial charge is 0.394 e. The number of amides is 6. The molecule has 6 amide bonds. The van der Waals surface area contributed by atoms with E-state index in [9.17, 15) is 55.1 Å². The number of aromatic nitrogens is 14. The van der Waals surface area contributed by atoms with Crippen molar-refractivity contribution in [1.29, 1.82) is 0 Å². The minimum atomic E-state index is -4.59. The Morgan fingerprint density at radius 1 is 0.454 bits per heavy atom. The number of hydrogen-bond donors (Lipinski definition) is 1. The fraction of sp³-hybridized carbons (Fsp3) is 0.398. The summed E-state index contributed by atoms with van der Waals surface area (Å²) in [6, 6.07) is 41.9. The maximum absolute atomic E-state index is 13.4. The van der Waals surface area contributed by atoms with Gasteiger partial charge in [-0.25, -0.2) is 9.67 Å². The minimum absolute atomic E-state index is 0.0360. The quantitative estimate of drug-likeness (QED) is 0.0618. The van der Waals surface area contributed by atoms with E-state index < -0.39 is 23.7 Å². The molecule has 130 heavy (non-hydrogen) atoms. The standard InChI is InChI=1S/C18H15F3N4O.C18H25N3OS.C16H23N3OS.C15H21N3OS.C14H15F3N4O2.C12H15N3OS/c1-24(2)17(26)14-10-6-9-13(22-14)15-11-16(18(19,20)21)25(23-15)12-7-4-3-5-8-12;1-12(2)14-11-15(21(19-14)13-7-5-6-8-13)16-9-10-17(23-16)18(22)20(3)4;1-6-9-19-13(11(2)3)10-12(17-19)14-7-8-15(21-14)16(20)18(4)5;1-6-18-12(10(2)3)9-11(16-18)13-7-8-14(20-13)15(19)17(4)5;1-20(2)13(23)10-7-9(3-4-18-10)11-8-12(14(15,16)17)19-21(11)5-6-22;1-8-7-9(13-15(8)4)10-5-6-11(17-10)12(16)14(2)3/h3-11H,1-2H3;9-13H,5-8H2,1-4H3;7-8,10-11H,6,9H2,1-5H3;7-10H,6H2,1-5H3;3-4,7-8,22H,5-6H2,1-2H3;5-7H,1-4H3. The SMILES string of the molecule is CC(C)c1cc(-c2ccc(C(=O)N(C)C)s2)n(C2CCCC2)n1.CCCn1nc(-c2ccc(C(=O)N(C)C)s2)cc1C(C)C.CCn1nc(-c2ccc(C(=O)N(C)C)s2)cc1C(C)C.CN(C)C(=O)c1cc(-c2cc(C(F)(F)F)nn2CCO)ccn1.CN(C)C(=O)c1cccc(-c2cc(C(F)(F)F)n(-c3ccccc3)n2)n1.Cc1cc(-c2ccc(C(=O)N(C)C)s2)nn1C. The number of nitrogens with zero attached hydrogens (tertiary/aromatic N) is 20. The predicted octanol–water partition coefficient (Wildman–Crippen LogP) is 19.3. The van der Waals surface area contributed by atoms with Gasteiger partial charge in [-0.15, -0.1) is 45.3 Å². The van der Waals surface area contributed by atoms with Crippen molar-refractivity contribution in [3.05, 3.63) is 217 Å². The molecule has 37 heteroatoms. The van der Waals surface area contributed by atoms with Gasteiger partial charge in [-0.1, -0.05) is 85.6 Å². The third-order valence-electron chi connectivity index (χ3n) is 20.3. The summed E-state index contributed by atoms with van der Waals surface area (Å²) < 4.78 is 88.9. The van der Waals surface area contributed by atoms with E-state index in [2.05, 4.69) is 119 Å². The second-order valence-electron chi connectivity index (χ2n) is 32.8. The van der Waals surface area contributed by atoms with Crippen molar-refractivity contribution in [2.24, 2.45) is 7.05 Å². The first kappa shape index (κ1) is 102. The number of aliphatic hydroxyl groups is 1. The normalized spacial score (nSPS) is 12.0. The number of aryl methyl sites for hydroxylation is 4. The molecule has 0 radical (unpaired) electrons. The van der Waals surface area contributed by atoms with Gasteiger partial charge < -0.3 is 34.5 Å². The minimum Gasteiger partial charge on any atom is -0.394 e. The van der Waals surface area contributed by atoms with Crippen molar-refractivity contribution < 1.29 is 60.2 Å². The second-order valence-corrected chi connectivity index (χ2v) is 37.1. The number of carbonyl (C=O) groups excluding carboxylic acids is 6. The molecule has 1 N–H and O–H groups in total. The Hall–Kier alpha value is -12.1. The Kier molecular flexibility index (Phi) is 35.2. The van der Waals surface area contributed by atoms with E-state index in [1.165, 1.54) is 129 Å². The van der Waals surface area contributed by atoms with E-state index in [1.807, 2.05) is 71.9 Å². The van der Waals surface area contributed by atoms with Crippen LogP contribution in [0.5, 0.6) is 0 Å². The van der Waals surface area contributed by atoms with Crippen molar-refractivity contribution in [2.75, 3.05) is 91.2 Å². The lowest BCUT2D eigenvalue weighted by atomic mass is 10.1. The number of thiophene rings is 4. The average Bonchev–Trinajstić information content (AvgIpc) is 1.66. The molecule has 1 saturated carbocycles. The van der Waals surface area contributed by atoms with Gasteiger partial charge in [0, 0.05) is 134 Å². The number of halogens is 6. The molecule has 0 bridgehead atoms. The zero-order chi connectivity index (χ0) is 95.7. The van der Waals surface area contributed by atoms with Crippen LogP contribution in [0.15, 0.2) is 152 Å². The van der Waals surface area contributed by atoms with Gasteiger partial charge in [-0.2, -0.15) is 56.9 Å². The summed E-state index contributed by atoms with van der Waals surface area (Å²) in [5.74, 6) is 0.787. The number of aliphatic hydroxyl groups excluding tert-OH is 1. The number of alkyl halides is 6. The largest absolute Gasteiger partial charge is 0.435 e. The summed E-state index contributed by atoms with van der Waals surface area (Å²) in [4.78, 5) is 96.3. The van der Waals surface area contributed by atoms with Crippen LogP contribution in [0.2, 0.25) is 0 Å². The van der Waals surface area contributed by atoms with Gasteiger partial charge in [0.15, 0.2) is 5.69 Å². The maximum atomic E-state index is 13.4. The molecule has 694 valence electrons. The summed E-state index contributed by atoms with van der Waals surface area (Å²) in [7, 11) is 22.3. The Bertz CT molecular complexity index is 5960. The summed E-state index contributed by atoms with van der Waals surface area (Å²) in [5, 5.41) is 35.2. The lowest BCUT2D eigenvalue weighted by Gasteiger charge is -2.13. The molecule has 27 nitrogen and oxygen atoms in total. The fourth-order valence-corrected chi connectivity index (χ4v) is 17.3. The summed E-state index contributed by atoms with van der Waals surface area (Å²) in [5.41, 5.74) is 8.05. The molecular weight excluding hydrogens is 1750 g/mol. The lowest BCUT2D eigenvalue weighted by molar-refractivity contribution is -0.143. The number of para-hydroxylation sites is 1. The van der Waals surface area contributed by atoms with Gasteiger partial charge in [0.1, 0.15) is 39.9 Å². The Balaban J connectivity index is 0.000000177. The monoisotopic (exact) mass is 1860 g/mol. The fourth-order valence-electron chi connectivity index (χ4n) is 13.3. The van der Waals surface area contributed by atoms with Crippen molar-refractivity contribution in [2.45, 2.75) is 150 Å². The molecule has 0 aliphatic heterocycles. The van der Waals surface area contributed by atoms with Crippen LogP contribution in [-0.2, 0) is 39.0 Å². The van der Waals surface area contributed by atoms with Crippen LogP contribution in [0, 0.1) is 6.92 Å². The van der Waals surface area contributed by atoms with Gasteiger partial charge in [-0.3, -0.25) is 57.2 Å². The van der Waals surface area contributed by atoms with Crippen LogP contribution in [0.1, 0.15) is 205 Å². The third-order valence-corrected chi connectivity index (χ3v) is 24.7. The number of hydrogen-bond acceptors (Lipinski definition) is 19. The first-order valence-electron chi connectivity index (χ1n) is 42.2. The topological polar surface area (TPSA) is 275 Å². The molecule has 0 saturated heterocycles. The van der Waals surface area contributed by atoms with Gasteiger partial charge in [0.05, 0.1) is 86.7 Å². The average molecular weight is 1870 g/mol. The number of rotatable bonds is 22. The van der Waals surface area contributed by atoms with Crippen LogP contribution >= 0.6 is 45.3 Å². The van der Waals surface area contributed by atoms with Crippen molar-refractivity contribution in [1.82, 2.24) is 98.1 Å². The summed E-state index contributed by atoms with van der Waals surface area (Å²) >= 11 is 6.05. The highest BCUT2D eigenvalue weighted by Gasteiger charge is 2.38. The second kappa shape index (κ2) is 45.0. The Labute approximate surface area is 770 Å². The van der Waals surface area contributed by atoms with Crippen molar-refractivity contribution in [3.63, 3.8) is 0 Å². The number of pyridine rings is 2.